The molecule has 0 radical (unpaired) electrons. The third kappa shape index (κ3) is 1.42. The highest BCUT2D eigenvalue weighted by Gasteiger charge is 2.26. The molecular weight excluding hydrogens is 202 g/mol. The highest BCUT2D eigenvalue weighted by atomic mass is 16.1. The van der Waals surface area contributed by atoms with Crippen molar-refractivity contribution in [1.82, 2.24) is 14.9 Å². The minimum absolute atomic E-state index is 0.0499. The molecule has 2 aromatic rings. The number of nitrogens with one attached hydrogen (secondary N) is 1. The number of nitrogens with zero attached hydrogens (tertiary/aromatic N) is 2. The Kier molecular flexibility index (Phi) is 2.22. The highest BCUT2D eigenvalue weighted by Crippen LogP contribution is 2.21. The fourth-order valence-electron chi connectivity index (χ4n) is 2.25. The topological polar surface area (TPSA) is 46.4 Å². The maximum Gasteiger partial charge on any atom is 0.144 e. The molecule has 1 N–H and O–H groups in total. The van der Waals surface area contributed by atoms with E-state index in [9.17, 15) is 4.79 Å². The molecule has 1 aliphatic heterocycles. The van der Waals surface area contributed by atoms with E-state index in [2.05, 4.69) is 10.4 Å². The Morgan fingerprint density at radius 2 is 2.31 bits per heavy atom. The fourth-order valence-corrected chi connectivity index (χ4v) is 2.25. The van der Waals surface area contributed by atoms with Gasteiger partial charge in [0.1, 0.15) is 5.78 Å². The van der Waals surface area contributed by atoms with Gasteiger partial charge in [-0.15, -0.1) is 0 Å². The van der Waals surface area contributed by atoms with E-state index in [4.69, 9.17) is 0 Å². The van der Waals surface area contributed by atoms with E-state index in [-0.39, 0.29) is 5.92 Å². The van der Waals surface area contributed by atoms with Gasteiger partial charge in [0.2, 0.25) is 0 Å². The van der Waals surface area contributed by atoms with Gasteiger partial charge in [-0.3, -0.25) is 4.79 Å². The van der Waals surface area contributed by atoms with Gasteiger partial charge in [0.25, 0.3) is 0 Å². The van der Waals surface area contributed by atoms with Gasteiger partial charge >= 0.3 is 0 Å². The normalized spacial score (nSPS) is 21.5. The molecule has 0 bridgehead atoms. The van der Waals surface area contributed by atoms with Crippen molar-refractivity contribution in [2.75, 3.05) is 13.1 Å². The summed E-state index contributed by atoms with van der Waals surface area (Å²) in [6, 6.07) is 7.90. The summed E-state index contributed by atoms with van der Waals surface area (Å²) in [5, 5.41) is 7.54. The Balaban J connectivity index is 2.08. The van der Waals surface area contributed by atoms with Crippen LogP contribution in [-0.4, -0.2) is 28.5 Å². The van der Waals surface area contributed by atoms with Crippen molar-refractivity contribution in [2.24, 2.45) is 0 Å². The van der Waals surface area contributed by atoms with Crippen LogP contribution in [0.25, 0.3) is 5.52 Å². The smallest absolute Gasteiger partial charge is 0.144 e. The van der Waals surface area contributed by atoms with Crippen LogP contribution in [0.5, 0.6) is 0 Å². The van der Waals surface area contributed by atoms with Crippen molar-refractivity contribution < 1.29 is 4.79 Å². The molecule has 4 nitrogen and oxygen atoms in total. The van der Waals surface area contributed by atoms with Gasteiger partial charge in [0.15, 0.2) is 0 Å². The van der Waals surface area contributed by atoms with E-state index in [1.807, 2.05) is 28.8 Å². The molecule has 82 valence electrons. The van der Waals surface area contributed by atoms with Crippen molar-refractivity contribution in [3.05, 3.63) is 36.2 Å². The zero-order valence-corrected chi connectivity index (χ0v) is 8.89. The molecule has 1 aliphatic rings. The molecule has 4 heteroatoms. The average Bonchev–Trinajstić information content (AvgIpc) is 2.74. The lowest BCUT2D eigenvalue weighted by molar-refractivity contribution is -0.121. The number of aromatic nitrogens is 2. The van der Waals surface area contributed by atoms with Gasteiger partial charge in [-0.1, -0.05) is 0 Å². The Labute approximate surface area is 93.3 Å². The van der Waals surface area contributed by atoms with E-state index < -0.39 is 0 Å². The molecule has 2 aromatic heterocycles. The average molecular weight is 215 g/mol. The first-order valence-corrected chi connectivity index (χ1v) is 5.52. The number of hydrogen-bond acceptors (Lipinski definition) is 3. The Hall–Kier alpha value is -1.68. The summed E-state index contributed by atoms with van der Waals surface area (Å²) in [4.78, 5) is 11.9. The number of carbonyl (C=O) groups is 1. The van der Waals surface area contributed by atoms with E-state index in [0.717, 1.165) is 24.3 Å². The molecule has 0 saturated carbocycles. The first-order chi connectivity index (χ1) is 7.86. The van der Waals surface area contributed by atoms with Crippen molar-refractivity contribution in [3.63, 3.8) is 0 Å². The number of piperidine rings is 1. The summed E-state index contributed by atoms with van der Waals surface area (Å²) in [5.41, 5.74) is 2.03. The molecule has 0 spiro atoms. The lowest BCUT2D eigenvalue weighted by Crippen LogP contribution is -2.36. The number of carbonyl (C=O) groups excluding carboxylic acids is 1. The highest BCUT2D eigenvalue weighted by molar-refractivity contribution is 5.86. The molecule has 1 atom stereocenters. The van der Waals surface area contributed by atoms with Crippen LogP contribution < -0.4 is 5.32 Å². The Bertz CT molecular complexity index is 532. The predicted molar refractivity (Wildman–Crippen MR) is 60.4 cm³/mol. The molecule has 0 aromatic carbocycles. The SMILES string of the molecule is O=C1CCNCC1c1ccc2cccnn12. The van der Waals surface area contributed by atoms with Crippen LogP contribution in [0.2, 0.25) is 0 Å². The van der Waals surface area contributed by atoms with Gasteiger partial charge in [-0.25, -0.2) is 4.52 Å². The van der Waals surface area contributed by atoms with Crippen LogP contribution in [0.4, 0.5) is 0 Å². The second-order valence-corrected chi connectivity index (χ2v) is 4.09. The third-order valence-electron chi connectivity index (χ3n) is 3.09. The summed E-state index contributed by atoms with van der Waals surface area (Å²) in [5.74, 6) is 0.260. The summed E-state index contributed by atoms with van der Waals surface area (Å²) in [6.45, 7) is 1.52. The molecule has 1 unspecified atom stereocenters. The quantitative estimate of drug-likeness (QED) is 0.771. The van der Waals surface area contributed by atoms with E-state index >= 15 is 0 Å². The molecule has 0 amide bonds. The minimum atomic E-state index is -0.0499. The molecule has 3 heterocycles. The third-order valence-corrected chi connectivity index (χ3v) is 3.09. The van der Waals surface area contributed by atoms with Crippen LogP contribution in [0.1, 0.15) is 18.0 Å². The van der Waals surface area contributed by atoms with Crippen LogP contribution in [0, 0.1) is 0 Å². The van der Waals surface area contributed by atoms with Crippen LogP contribution in [-0.2, 0) is 4.79 Å². The van der Waals surface area contributed by atoms with Crippen LogP contribution in [0.3, 0.4) is 0 Å². The monoisotopic (exact) mass is 215 g/mol. The largest absolute Gasteiger partial charge is 0.315 e. The maximum atomic E-state index is 11.9. The number of ketones is 1. The van der Waals surface area contributed by atoms with Gasteiger partial charge in [-0.2, -0.15) is 5.10 Å². The molecule has 1 saturated heterocycles. The van der Waals surface area contributed by atoms with Gasteiger partial charge in [-0.05, 0) is 24.3 Å². The van der Waals surface area contributed by atoms with E-state index in [1.165, 1.54) is 0 Å². The van der Waals surface area contributed by atoms with E-state index in [1.54, 1.807) is 6.20 Å². The summed E-state index contributed by atoms with van der Waals surface area (Å²) in [7, 11) is 0. The predicted octanol–water partition coefficient (Wildman–Crippen LogP) is 0.980. The summed E-state index contributed by atoms with van der Waals surface area (Å²) in [6.07, 6.45) is 2.36. The standard InChI is InChI=1S/C12H13N3O/c16-12-5-7-13-8-10(12)11-4-3-9-2-1-6-14-15(9)11/h1-4,6,10,13H,5,7-8H2. The first kappa shape index (κ1) is 9.54. The van der Waals surface area contributed by atoms with Gasteiger partial charge in [0, 0.05) is 25.7 Å². The minimum Gasteiger partial charge on any atom is -0.315 e. The number of Topliss-reactive ketones (excluding diaryl/α,β-unsaturated/α-hetero) is 1. The lowest BCUT2D eigenvalue weighted by atomic mass is 9.95. The first-order valence-electron chi connectivity index (χ1n) is 5.52. The van der Waals surface area contributed by atoms with Gasteiger partial charge in [0.05, 0.1) is 17.1 Å². The Morgan fingerprint density at radius 1 is 1.38 bits per heavy atom. The summed E-state index contributed by atoms with van der Waals surface area (Å²) >= 11 is 0. The number of hydrogen-bond donors (Lipinski definition) is 1. The second kappa shape index (κ2) is 3.72. The molecule has 0 aliphatic carbocycles. The number of fused-ring (bicyclic) bond motifs is 1. The van der Waals surface area contributed by atoms with Crippen LogP contribution in [0.15, 0.2) is 30.5 Å². The zero-order chi connectivity index (χ0) is 11.0. The molecular formula is C12H13N3O. The lowest BCUT2D eigenvalue weighted by Gasteiger charge is -2.21. The van der Waals surface area contributed by atoms with Crippen molar-refractivity contribution in [2.45, 2.75) is 12.3 Å². The molecule has 1 fully saturated rings. The second-order valence-electron chi connectivity index (χ2n) is 4.09. The van der Waals surface area contributed by atoms with Gasteiger partial charge < -0.3 is 5.32 Å². The maximum absolute atomic E-state index is 11.9. The Morgan fingerprint density at radius 3 is 3.19 bits per heavy atom. The fraction of sp³-hybridized carbons (Fsp3) is 0.333. The zero-order valence-electron chi connectivity index (χ0n) is 8.89. The van der Waals surface area contributed by atoms with Crippen molar-refractivity contribution in [3.8, 4) is 0 Å². The summed E-state index contributed by atoms with van der Waals surface area (Å²) < 4.78 is 1.86. The molecule has 3 rings (SSSR count). The molecule has 16 heavy (non-hydrogen) atoms. The van der Waals surface area contributed by atoms with E-state index in [0.29, 0.717) is 12.2 Å². The van der Waals surface area contributed by atoms with Crippen molar-refractivity contribution >= 4 is 11.3 Å². The van der Waals surface area contributed by atoms with Crippen LogP contribution >= 0.6 is 0 Å². The number of rotatable bonds is 1. The van der Waals surface area contributed by atoms with Crippen molar-refractivity contribution in [1.29, 1.82) is 0 Å².